The largest absolute Gasteiger partial charge is 0.481 e. The minimum Gasteiger partial charge on any atom is -0.481 e. The molecule has 1 saturated carbocycles. The number of carbonyl (C=O) groups is 2. The number of aliphatic carboxylic acids is 1. The van der Waals surface area contributed by atoms with Gasteiger partial charge >= 0.3 is 12.0 Å². The normalized spacial score (nSPS) is 28.8. The van der Waals surface area contributed by atoms with Crippen LogP contribution in [0.15, 0.2) is 24.5 Å². The van der Waals surface area contributed by atoms with Gasteiger partial charge in [0.15, 0.2) is 0 Å². The van der Waals surface area contributed by atoms with Crippen molar-refractivity contribution in [2.45, 2.75) is 51.6 Å². The average molecular weight is 331 g/mol. The van der Waals surface area contributed by atoms with Gasteiger partial charge in [0.05, 0.1) is 12.0 Å². The van der Waals surface area contributed by atoms with Crippen LogP contribution in [0.4, 0.5) is 4.79 Å². The summed E-state index contributed by atoms with van der Waals surface area (Å²) in [6.45, 7) is 5.03. The van der Waals surface area contributed by atoms with Gasteiger partial charge in [0.25, 0.3) is 0 Å². The number of carboxylic acid groups (broad SMARTS) is 1. The number of rotatable bonds is 3. The monoisotopic (exact) mass is 331 g/mol. The van der Waals surface area contributed by atoms with Gasteiger partial charge in [-0.1, -0.05) is 19.9 Å². The van der Waals surface area contributed by atoms with Crippen LogP contribution in [0.3, 0.4) is 0 Å². The summed E-state index contributed by atoms with van der Waals surface area (Å²) in [7, 11) is 0. The van der Waals surface area contributed by atoms with Crippen molar-refractivity contribution in [3.8, 4) is 0 Å². The van der Waals surface area contributed by atoms with Gasteiger partial charge < -0.3 is 15.3 Å². The molecular weight excluding hydrogens is 306 g/mol. The van der Waals surface area contributed by atoms with Crippen LogP contribution in [0.1, 0.15) is 51.1 Å². The Labute approximate surface area is 142 Å². The highest BCUT2D eigenvalue weighted by Gasteiger charge is 2.49. The third-order valence-electron chi connectivity index (χ3n) is 5.29. The molecular formula is C18H25N3O3. The molecule has 24 heavy (non-hydrogen) atoms. The van der Waals surface area contributed by atoms with Gasteiger partial charge in [-0.2, -0.15) is 0 Å². The van der Waals surface area contributed by atoms with Gasteiger partial charge in [0.1, 0.15) is 0 Å². The first-order valence-electron chi connectivity index (χ1n) is 8.58. The third kappa shape index (κ3) is 3.23. The lowest BCUT2D eigenvalue weighted by Gasteiger charge is -2.54. The number of nitrogens with zero attached hydrogens (tertiary/aromatic N) is 2. The number of likely N-dealkylation sites (tertiary alicyclic amines) is 1. The fourth-order valence-corrected chi connectivity index (χ4v) is 4.03. The molecule has 0 spiro atoms. The third-order valence-corrected chi connectivity index (χ3v) is 5.29. The van der Waals surface area contributed by atoms with Gasteiger partial charge in [-0.3, -0.25) is 9.78 Å². The van der Waals surface area contributed by atoms with Crippen LogP contribution >= 0.6 is 0 Å². The molecule has 130 valence electrons. The second-order valence-electron chi connectivity index (χ2n) is 7.64. The summed E-state index contributed by atoms with van der Waals surface area (Å²) in [6.07, 6.45) is 6.30. The van der Waals surface area contributed by atoms with Crippen molar-refractivity contribution in [3.05, 3.63) is 30.1 Å². The van der Waals surface area contributed by atoms with E-state index in [2.05, 4.69) is 24.1 Å². The van der Waals surface area contributed by atoms with Crippen LogP contribution < -0.4 is 5.32 Å². The van der Waals surface area contributed by atoms with E-state index in [1.807, 2.05) is 23.2 Å². The summed E-state index contributed by atoms with van der Waals surface area (Å²) in [5, 5.41) is 12.2. The van der Waals surface area contributed by atoms with Gasteiger partial charge in [0.2, 0.25) is 0 Å². The maximum Gasteiger partial charge on any atom is 0.318 e. The standard InChI is InChI=1S/C18H25N3O3/c1-18(2)11-21(15(18)13-4-3-9-19-10-13)17(24)20-14-7-5-12(6-8-14)16(22)23/h3-4,9-10,12,14-15H,5-8,11H2,1-2H3,(H,20,24)(H,22,23). The lowest BCUT2D eigenvalue weighted by molar-refractivity contribution is -0.142. The Morgan fingerprint density at radius 1 is 1.29 bits per heavy atom. The number of carbonyl (C=O) groups excluding carboxylic acids is 1. The highest BCUT2D eigenvalue weighted by molar-refractivity contribution is 5.76. The number of amides is 2. The Balaban J connectivity index is 1.60. The minimum absolute atomic E-state index is 0.0291. The lowest BCUT2D eigenvalue weighted by Crippen LogP contribution is -2.61. The van der Waals surface area contributed by atoms with Crippen molar-refractivity contribution in [2.75, 3.05) is 6.54 Å². The van der Waals surface area contributed by atoms with Crippen LogP contribution in [0.5, 0.6) is 0 Å². The lowest BCUT2D eigenvalue weighted by atomic mass is 9.72. The van der Waals surface area contributed by atoms with E-state index in [0.717, 1.165) is 18.4 Å². The van der Waals surface area contributed by atoms with Gasteiger partial charge in [0, 0.05) is 30.4 Å². The predicted molar refractivity (Wildman–Crippen MR) is 89.4 cm³/mol. The van der Waals surface area contributed by atoms with Crippen molar-refractivity contribution in [1.82, 2.24) is 15.2 Å². The number of carboxylic acids is 1. The van der Waals surface area contributed by atoms with E-state index in [-0.39, 0.29) is 29.4 Å². The fourth-order valence-electron chi connectivity index (χ4n) is 4.03. The summed E-state index contributed by atoms with van der Waals surface area (Å²) in [5.74, 6) is -0.981. The molecule has 2 N–H and O–H groups in total. The molecule has 2 fully saturated rings. The summed E-state index contributed by atoms with van der Waals surface area (Å²) in [4.78, 5) is 29.7. The summed E-state index contributed by atoms with van der Waals surface area (Å²) in [5.41, 5.74) is 1.08. The quantitative estimate of drug-likeness (QED) is 0.892. The van der Waals surface area contributed by atoms with Crippen LogP contribution in [-0.2, 0) is 4.79 Å². The highest BCUT2D eigenvalue weighted by atomic mass is 16.4. The molecule has 1 saturated heterocycles. The fraction of sp³-hybridized carbons (Fsp3) is 0.611. The Hall–Kier alpha value is -2.11. The van der Waals surface area contributed by atoms with E-state index in [1.54, 1.807) is 6.20 Å². The Kier molecular flexibility index (Phi) is 4.47. The predicted octanol–water partition coefficient (Wildman–Crippen LogP) is 2.82. The number of hydrogen-bond acceptors (Lipinski definition) is 3. The Morgan fingerprint density at radius 2 is 2.00 bits per heavy atom. The molecule has 3 rings (SSSR count). The number of hydrogen-bond donors (Lipinski definition) is 2. The van der Waals surface area contributed by atoms with Crippen LogP contribution in [0.2, 0.25) is 0 Å². The highest BCUT2D eigenvalue weighted by Crippen LogP contribution is 2.48. The van der Waals surface area contributed by atoms with Crippen molar-refractivity contribution >= 4 is 12.0 Å². The van der Waals surface area contributed by atoms with E-state index in [1.165, 1.54) is 0 Å². The smallest absolute Gasteiger partial charge is 0.318 e. The maximum atomic E-state index is 12.7. The zero-order valence-electron chi connectivity index (χ0n) is 14.2. The second kappa shape index (κ2) is 6.42. The topological polar surface area (TPSA) is 82.5 Å². The molecule has 2 amide bonds. The van der Waals surface area contributed by atoms with Crippen molar-refractivity contribution < 1.29 is 14.7 Å². The molecule has 2 aliphatic rings. The van der Waals surface area contributed by atoms with Gasteiger partial charge in [-0.25, -0.2) is 4.79 Å². The first-order chi connectivity index (χ1) is 11.4. The number of nitrogens with one attached hydrogen (secondary N) is 1. The van der Waals surface area contributed by atoms with Crippen LogP contribution in [-0.4, -0.2) is 39.6 Å². The number of pyridine rings is 1. The van der Waals surface area contributed by atoms with Crippen LogP contribution in [0.25, 0.3) is 0 Å². The van der Waals surface area contributed by atoms with E-state index < -0.39 is 5.97 Å². The zero-order chi connectivity index (χ0) is 17.3. The molecule has 1 aliphatic heterocycles. The summed E-state index contributed by atoms with van der Waals surface area (Å²) >= 11 is 0. The molecule has 1 aromatic heterocycles. The molecule has 1 unspecified atom stereocenters. The van der Waals surface area contributed by atoms with Crippen molar-refractivity contribution in [1.29, 1.82) is 0 Å². The van der Waals surface area contributed by atoms with E-state index in [0.29, 0.717) is 19.4 Å². The minimum atomic E-state index is -0.721. The first-order valence-corrected chi connectivity index (χ1v) is 8.58. The Morgan fingerprint density at radius 3 is 2.54 bits per heavy atom. The second-order valence-corrected chi connectivity index (χ2v) is 7.64. The van der Waals surface area contributed by atoms with Gasteiger partial charge in [-0.05, 0) is 37.3 Å². The number of aromatic nitrogens is 1. The van der Waals surface area contributed by atoms with Gasteiger partial charge in [-0.15, -0.1) is 0 Å². The molecule has 1 aromatic rings. The van der Waals surface area contributed by atoms with E-state index >= 15 is 0 Å². The van der Waals surface area contributed by atoms with E-state index in [4.69, 9.17) is 5.11 Å². The summed E-state index contributed by atoms with van der Waals surface area (Å²) in [6, 6.07) is 3.96. The van der Waals surface area contributed by atoms with Crippen LogP contribution in [0, 0.1) is 11.3 Å². The Bertz CT molecular complexity index is 609. The molecule has 6 nitrogen and oxygen atoms in total. The molecule has 2 heterocycles. The molecule has 0 aromatic carbocycles. The molecule has 1 aliphatic carbocycles. The first kappa shape index (κ1) is 16.7. The molecule has 6 heteroatoms. The van der Waals surface area contributed by atoms with Crippen molar-refractivity contribution in [3.63, 3.8) is 0 Å². The molecule has 1 atom stereocenters. The summed E-state index contributed by atoms with van der Waals surface area (Å²) < 4.78 is 0. The zero-order valence-corrected chi connectivity index (χ0v) is 14.2. The SMILES string of the molecule is CC1(C)CN(C(=O)NC2CCC(C(=O)O)CC2)C1c1cccnc1. The maximum absolute atomic E-state index is 12.7. The molecule has 0 radical (unpaired) electrons. The van der Waals surface area contributed by atoms with E-state index in [9.17, 15) is 9.59 Å². The van der Waals surface area contributed by atoms with Crippen molar-refractivity contribution in [2.24, 2.45) is 11.3 Å². The number of urea groups is 1. The average Bonchev–Trinajstić information content (AvgIpc) is 2.54. The molecule has 0 bridgehead atoms.